The van der Waals surface area contributed by atoms with Crippen LogP contribution in [0.4, 0.5) is 0 Å². The molecule has 7 nitrogen and oxygen atoms in total. The highest BCUT2D eigenvalue weighted by atomic mass is 16.3. The minimum absolute atomic E-state index is 0.0152. The van der Waals surface area contributed by atoms with Gasteiger partial charge in [-0.3, -0.25) is 9.36 Å². The maximum Gasteiger partial charge on any atom is 0.345 e. The molecule has 7 heteroatoms. The Morgan fingerprint density at radius 1 is 1.38 bits per heavy atom. The molecule has 24 heavy (non-hydrogen) atoms. The Morgan fingerprint density at radius 2 is 2.04 bits per heavy atom. The molecule has 2 N–H and O–H groups in total. The van der Waals surface area contributed by atoms with Crippen LogP contribution in [0.1, 0.15) is 45.4 Å². The van der Waals surface area contributed by atoms with Crippen LogP contribution in [0.5, 0.6) is 0 Å². The lowest BCUT2D eigenvalue weighted by atomic mass is 9.98. The average molecular weight is 334 g/mol. The second kappa shape index (κ2) is 6.81. The van der Waals surface area contributed by atoms with Crippen molar-refractivity contribution in [3.05, 3.63) is 16.3 Å². The third-order valence-corrected chi connectivity index (χ3v) is 4.26. The number of aromatic nitrogens is 3. The molecule has 0 radical (unpaired) electrons. The number of aliphatic hydroxyl groups is 1. The Morgan fingerprint density at radius 3 is 2.58 bits per heavy atom. The molecule has 132 valence electrons. The summed E-state index contributed by atoms with van der Waals surface area (Å²) in [6.07, 6.45) is 0.694. The van der Waals surface area contributed by atoms with Crippen LogP contribution in [0.2, 0.25) is 0 Å². The van der Waals surface area contributed by atoms with Crippen LogP contribution in [0.3, 0.4) is 0 Å². The van der Waals surface area contributed by atoms with E-state index in [0.717, 1.165) is 0 Å². The molecule has 0 spiro atoms. The van der Waals surface area contributed by atoms with E-state index < -0.39 is 6.10 Å². The Balaban J connectivity index is 1.96. The Kier molecular flexibility index (Phi) is 5.19. The van der Waals surface area contributed by atoms with Crippen LogP contribution in [0.15, 0.2) is 4.79 Å². The van der Waals surface area contributed by atoms with Gasteiger partial charge in [0.1, 0.15) is 5.82 Å². The number of carbonyl (C=O) groups is 1. The van der Waals surface area contributed by atoms with Crippen molar-refractivity contribution < 1.29 is 9.90 Å². The number of nitrogens with one attached hydrogen (secondary N) is 1. The van der Waals surface area contributed by atoms with E-state index in [0.29, 0.717) is 25.2 Å². The number of aryl methyl sites for hydroxylation is 1. The van der Waals surface area contributed by atoms with Crippen LogP contribution < -0.4 is 11.0 Å². The monoisotopic (exact) mass is 334 g/mol. The van der Waals surface area contributed by atoms with Gasteiger partial charge in [-0.05, 0) is 39.5 Å². The standard InChI is InChI=1S/C17H26N4O3/c1-17(2,3)7-6-14(23)18-10-12-8-11(9-13(12)22)15-19-21(5)16(24)20(15)4/h11-13,22H,8-10H2,1-5H3,(H,18,23)/t11-,12+,13+/m0/s1. The van der Waals surface area contributed by atoms with Crippen LogP contribution in [0.25, 0.3) is 0 Å². The first-order chi connectivity index (χ1) is 11.1. The van der Waals surface area contributed by atoms with Gasteiger partial charge < -0.3 is 10.4 Å². The van der Waals surface area contributed by atoms with Crippen molar-refractivity contribution in [2.45, 2.75) is 45.6 Å². The van der Waals surface area contributed by atoms with Crippen molar-refractivity contribution in [3.63, 3.8) is 0 Å². The predicted octanol–water partition coefficient (Wildman–Crippen LogP) is 0.139. The summed E-state index contributed by atoms with van der Waals surface area (Å²) in [7, 11) is 3.30. The summed E-state index contributed by atoms with van der Waals surface area (Å²) in [5.74, 6) is 5.77. The molecule has 0 aromatic carbocycles. The molecule has 3 atom stereocenters. The van der Waals surface area contributed by atoms with Gasteiger partial charge in [-0.1, -0.05) is 5.92 Å². The second-order valence-electron chi connectivity index (χ2n) is 7.53. The summed E-state index contributed by atoms with van der Waals surface area (Å²) in [5, 5.41) is 17.3. The SMILES string of the molecule is Cn1nc([C@H]2C[C@H](CNC(=O)C#CC(C)(C)C)[C@H](O)C2)n(C)c1=O. The molecule has 1 saturated carbocycles. The van der Waals surface area contributed by atoms with Crippen molar-refractivity contribution >= 4 is 5.91 Å². The highest BCUT2D eigenvalue weighted by Crippen LogP contribution is 2.36. The molecule has 2 rings (SSSR count). The molecule has 0 bridgehead atoms. The maximum atomic E-state index is 11.8. The van der Waals surface area contributed by atoms with Crippen molar-refractivity contribution in [2.75, 3.05) is 6.54 Å². The quantitative estimate of drug-likeness (QED) is 0.770. The third kappa shape index (κ3) is 4.26. The Bertz CT molecular complexity index is 730. The summed E-state index contributed by atoms with van der Waals surface area (Å²) in [4.78, 5) is 23.6. The fourth-order valence-electron chi connectivity index (χ4n) is 2.98. The van der Waals surface area contributed by atoms with Gasteiger partial charge in [-0.15, -0.1) is 0 Å². The zero-order chi connectivity index (χ0) is 18.1. The van der Waals surface area contributed by atoms with E-state index in [1.807, 2.05) is 20.8 Å². The molecule has 0 saturated heterocycles. The lowest BCUT2D eigenvalue weighted by Crippen LogP contribution is -2.31. The molecule has 1 aliphatic rings. The van der Waals surface area contributed by atoms with Crippen molar-refractivity contribution in [2.24, 2.45) is 25.4 Å². The number of hydrogen-bond acceptors (Lipinski definition) is 4. The number of aliphatic hydroxyl groups excluding tert-OH is 1. The first-order valence-corrected chi connectivity index (χ1v) is 8.17. The van der Waals surface area contributed by atoms with Gasteiger partial charge in [0, 0.05) is 37.9 Å². The fraction of sp³-hybridized carbons (Fsp3) is 0.706. The molecule has 1 amide bonds. The minimum atomic E-state index is -0.525. The van der Waals surface area contributed by atoms with Crippen molar-refractivity contribution in [1.29, 1.82) is 0 Å². The van der Waals surface area contributed by atoms with E-state index in [1.165, 1.54) is 9.25 Å². The molecular weight excluding hydrogens is 308 g/mol. The smallest absolute Gasteiger partial charge is 0.345 e. The normalized spacial score (nSPS) is 23.7. The fourth-order valence-corrected chi connectivity index (χ4v) is 2.98. The summed E-state index contributed by atoms with van der Waals surface area (Å²) in [6, 6.07) is 0. The second-order valence-corrected chi connectivity index (χ2v) is 7.53. The van der Waals surface area contributed by atoms with E-state index in [-0.39, 0.29) is 28.8 Å². The average Bonchev–Trinajstić information content (AvgIpc) is 2.97. The lowest BCUT2D eigenvalue weighted by Gasteiger charge is -2.14. The lowest BCUT2D eigenvalue weighted by molar-refractivity contribution is -0.116. The Labute approximate surface area is 142 Å². The molecule has 1 heterocycles. The number of rotatable bonds is 3. The number of nitrogens with zero attached hydrogens (tertiary/aromatic N) is 3. The van der Waals surface area contributed by atoms with E-state index in [4.69, 9.17) is 0 Å². The van der Waals surface area contributed by atoms with E-state index >= 15 is 0 Å². The first kappa shape index (κ1) is 18.3. The zero-order valence-electron chi connectivity index (χ0n) is 15.0. The molecular formula is C17H26N4O3. The first-order valence-electron chi connectivity index (χ1n) is 8.17. The number of carbonyl (C=O) groups excluding carboxylic acids is 1. The predicted molar refractivity (Wildman–Crippen MR) is 90.2 cm³/mol. The Hall–Kier alpha value is -2.07. The van der Waals surface area contributed by atoms with E-state index in [1.54, 1.807) is 14.1 Å². The topological polar surface area (TPSA) is 89.2 Å². The van der Waals surface area contributed by atoms with Gasteiger partial charge in [0.15, 0.2) is 0 Å². The number of amides is 1. The van der Waals surface area contributed by atoms with Crippen molar-refractivity contribution in [3.8, 4) is 11.8 Å². The van der Waals surface area contributed by atoms with Crippen LogP contribution in [-0.2, 0) is 18.9 Å². The highest BCUT2D eigenvalue weighted by Gasteiger charge is 2.36. The van der Waals surface area contributed by atoms with E-state index in [2.05, 4.69) is 22.3 Å². The molecule has 1 aromatic rings. The minimum Gasteiger partial charge on any atom is -0.393 e. The largest absolute Gasteiger partial charge is 0.393 e. The molecule has 1 fully saturated rings. The molecule has 1 aliphatic carbocycles. The van der Waals surface area contributed by atoms with Gasteiger partial charge >= 0.3 is 5.69 Å². The van der Waals surface area contributed by atoms with Crippen LogP contribution in [-0.4, -0.2) is 38.0 Å². The molecule has 1 aromatic heterocycles. The summed E-state index contributed by atoms with van der Waals surface area (Å²) < 4.78 is 2.83. The number of hydrogen-bond donors (Lipinski definition) is 2. The molecule has 0 aliphatic heterocycles. The van der Waals surface area contributed by atoms with Crippen LogP contribution >= 0.6 is 0 Å². The summed E-state index contributed by atoms with van der Waals surface area (Å²) in [5.41, 5.74) is -0.396. The van der Waals surface area contributed by atoms with Gasteiger partial charge in [0.2, 0.25) is 0 Å². The van der Waals surface area contributed by atoms with Crippen molar-refractivity contribution in [1.82, 2.24) is 19.7 Å². The third-order valence-electron chi connectivity index (χ3n) is 4.26. The summed E-state index contributed by atoms with van der Waals surface area (Å²) >= 11 is 0. The zero-order valence-corrected chi connectivity index (χ0v) is 15.0. The maximum absolute atomic E-state index is 11.8. The van der Waals surface area contributed by atoms with Gasteiger partial charge in [-0.25, -0.2) is 9.48 Å². The van der Waals surface area contributed by atoms with Gasteiger partial charge in [-0.2, -0.15) is 5.10 Å². The summed E-state index contributed by atoms with van der Waals surface area (Å²) in [6.45, 7) is 6.19. The van der Waals surface area contributed by atoms with Gasteiger partial charge in [0.25, 0.3) is 5.91 Å². The van der Waals surface area contributed by atoms with E-state index in [9.17, 15) is 14.7 Å². The van der Waals surface area contributed by atoms with Gasteiger partial charge in [0.05, 0.1) is 6.10 Å². The van der Waals surface area contributed by atoms with Crippen LogP contribution in [0, 0.1) is 23.2 Å². The molecule has 0 unspecified atom stereocenters. The highest BCUT2D eigenvalue weighted by molar-refractivity contribution is 5.93.